The van der Waals surface area contributed by atoms with Gasteiger partial charge >= 0.3 is 24.8 Å². The number of benzene rings is 1. The first-order valence-corrected chi connectivity index (χ1v) is 3.34. The Labute approximate surface area is 87.2 Å². The van der Waals surface area contributed by atoms with Crippen LogP contribution < -0.4 is 18.9 Å². The van der Waals surface area contributed by atoms with Gasteiger partial charge in [-0.3, -0.25) is 0 Å². The van der Waals surface area contributed by atoms with Gasteiger partial charge in [0.15, 0.2) is 12.0 Å². The summed E-state index contributed by atoms with van der Waals surface area (Å²) in [6, 6.07) is 4.79. The van der Waals surface area contributed by atoms with Gasteiger partial charge in [0.2, 0.25) is 0 Å². The van der Waals surface area contributed by atoms with Crippen molar-refractivity contribution in [2.75, 3.05) is 0 Å². The zero-order chi connectivity index (χ0) is 8.55. The zero-order valence-electron chi connectivity index (χ0n) is 8.02. The Morgan fingerprint density at radius 3 is 3.00 bits per heavy atom. The fourth-order valence-electron chi connectivity index (χ4n) is 1.06. The molecular weight excluding hydrogens is 165 g/mol. The molecule has 0 atom stereocenters. The van der Waals surface area contributed by atoms with E-state index in [0.29, 0.717) is 11.1 Å². The number of carboxylic acid groups (broad SMARTS) is 1. The number of carboxylic acids is 1. The molecule has 0 amide bonds. The summed E-state index contributed by atoms with van der Waals surface area (Å²) < 4.78 is 4.93. The Balaban J connectivity index is 0.000000845. The molecule has 2 aromatic rings. The third-order valence-electron chi connectivity index (χ3n) is 1.59. The van der Waals surface area contributed by atoms with Crippen molar-refractivity contribution in [1.82, 2.24) is 4.98 Å². The van der Waals surface area contributed by atoms with E-state index < -0.39 is 5.97 Å². The van der Waals surface area contributed by atoms with Crippen molar-refractivity contribution in [2.24, 2.45) is 0 Å². The molecule has 0 saturated heterocycles. The van der Waals surface area contributed by atoms with Gasteiger partial charge in [-0.1, -0.05) is 6.07 Å². The summed E-state index contributed by atoms with van der Waals surface area (Å²) in [6.07, 6.45) is 1.23. The molecule has 2 rings (SSSR count). The van der Waals surface area contributed by atoms with Gasteiger partial charge in [0, 0.05) is 0 Å². The quantitative estimate of drug-likeness (QED) is 0.538. The molecular formula is C8H6LiNO3. The van der Waals surface area contributed by atoms with Gasteiger partial charge in [-0.25, -0.2) is 9.78 Å². The van der Waals surface area contributed by atoms with E-state index in [2.05, 4.69) is 4.98 Å². The Morgan fingerprint density at radius 1 is 1.54 bits per heavy atom. The van der Waals surface area contributed by atoms with E-state index >= 15 is 0 Å². The molecule has 0 fully saturated rings. The monoisotopic (exact) mass is 171 g/mol. The van der Waals surface area contributed by atoms with Crippen LogP contribution in [0.25, 0.3) is 11.1 Å². The predicted molar refractivity (Wildman–Crippen MR) is 42.1 cm³/mol. The first kappa shape index (κ1) is 9.84. The van der Waals surface area contributed by atoms with Crippen LogP contribution in [-0.2, 0) is 0 Å². The van der Waals surface area contributed by atoms with Gasteiger partial charge in [0.05, 0.1) is 5.56 Å². The molecule has 0 aliphatic heterocycles. The van der Waals surface area contributed by atoms with E-state index in [4.69, 9.17) is 9.52 Å². The van der Waals surface area contributed by atoms with Crippen molar-refractivity contribution in [2.45, 2.75) is 0 Å². The summed E-state index contributed by atoms with van der Waals surface area (Å²) in [7, 11) is 0. The van der Waals surface area contributed by atoms with E-state index in [-0.39, 0.29) is 25.9 Å². The number of hydrogen-bond acceptors (Lipinski definition) is 3. The number of hydrogen-bond donors (Lipinski definition) is 1. The number of para-hydroxylation sites is 1. The van der Waals surface area contributed by atoms with Crippen LogP contribution in [0.1, 0.15) is 11.8 Å². The molecule has 1 aromatic carbocycles. The van der Waals surface area contributed by atoms with E-state index in [1.54, 1.807) is 12.1 Å². The van der Waals surface area contributed by atoms with Gasteiger partial charge in [0.1, 0.15) is 5.52 Å². The van der Waals surface area contributed by atoms with Gasteiger partial charge in [0.25, 0.3) is 0 Å². The minimum absolute atomic E-state index is 0. The fourth-order valence-corrected chi connectivity index (χ4v) is 1.06. The van der Waals surface area contributed by atoms with Crippen LogP contribution in [-0.4, -0.2) is 16.1 Å². The SMILES string of the molecule is O=C(O)c1cccc2ocnc12.[H-].[Li+]. The van der Waals surface area contributed by atoms with Crippen LogP contribution in [0.3, 0.4) is 0 Å². The second kappa shape index (κ2) is 3.65. The summed E-state index contributed by atoms with van der Waals surface area (Å²) in [5, 5.41) is 8.72. The fraction of sp³-hybridized carbons (Fsp3) is 0. The standard InChI is InChI=1S/C8H5NO3.Li.H/c10-8(11)5-2-1-3-6-7(5)9-4-12-6;;/h1-4H,(H,10,11);;/q;+1;-1. The average Bonchev–Trinajstić information content (AvgIpc) is 2.49. The van der Waals surface area contributed by atoms with Crippen LogP contribution in [0, 0.1) is 0 Å². The number of aromatic carboxylic acids is 1. The Kier molecular flexibility index (Phi) is 2.76. The van der Waals surface area contributed by atoms with Gasteiger partial charge < -0.3 is 11.0 Å². The topological polar surface area (TPSA) is 63.3 Å². The third-order valence-corrected chi connectivity index (χ3v) is 1.59. The van der Waals surface area contributed by atoms with Crippen molar-refractivity contribution >= 4 is 17.1 Å². The van der Waals surface area contributed by atoms with Crippen molar-refractivity contribution < 1.29 is 34.6 Å². The molecule has 1 heterocycles. The van der Waals surface area contributed by atoms with Crippen molar-refractivity contribution in [3.63, 3.8) is 0 Å². The maximum absolute atomic E-state index is 10.6. The molecule has 13 heavy (non-hydrogen) atoms. The largest absolute Gasteiger partial charge is 1.00 e. The molecule has 0 aliphatic carbocycles. The number of carbonyl (C=O) groups is 1. The second-order valence-corrected chi connectivity index (χ2v) is 2.31. The number of nitrogens with zero attached hydrogens (tertiary/aromatic N) is 1. The minimum atomic E-state index is -0.991. The molecule has 0 spiro atoms. The van der Waals surface area contributed by atoms with Crippen LogP contribution in [0.5, 0.6) is 0 Å². The van der Waals surface area contributed by atoms with E-state index in [9.17, 15) is 4.79 Å². The Bertz CT molecular complexity index is 443. The van der Waals surface area contributed by atoms with Crippen LogP contribution in [0.15, 0.2) is 29.0 Å². The third kappa shape index (κ3) is 1.59. The second-order valence-electron chi connectivity index (χ2n) is 2.31. The Hall–Kier alpha value is -1.24. The maximum Gasteiger partial charge on any atom is 1.00 e. The average molecular weight is 171 g/mol. The summed E-state index contributed by atoms with van der Waals surface area (Å²) >= 11 is 0. The van der Waals surface area contributed by atoms with E-state index in [0.717, 1.165) is 0 Å². The number of aromatic nitrogens is 1. The zero-order valence-corrected chi connectivity index (χ0v) is 7.02. The molecule has 1 aromatic heterocycles. The van der Waals surface area contributed by atoms with Gasteiger partial charge in [-0.2, -0.15) is 0 Å². The molecule has 62 valence electrons. The van der Waals surface area contributed by atoms with E-state index in [1.807, 2.05) is 0 Å². The van der Waals surface area contributed by atoms with Crippen LogP contribution >= 0.6 is 0 Å². The molecule has 4 nitrogen and oxygen atoms in total. The first-order valence-electron chi connectivity index (χ1n) is 3.34. The minimum Gasteiger partial charge on any atom is -1.00 e. The van der Waals surface area contributed by atoms with Crippen LogP contribution in [0.4, 0.5) is 0 Å². The summed E-state index contributed by atoms with van der Waals surface area (Å²) in [6.45, 7) is 0. The maximum atomic E-state index is 10.6. The predicted octanol–water partition coefficient (Wildman–Crippen LogP) is -1.36. The van der Waals surface area contributed by atoms with Crippen molar-refractivity contribution in [1.29, 1.82) is 0 Å². The van der Waals surface area contributed by atoms with Gasteiger partial charge in [-0.05, 0) is 12.1 Å². The molecule has 0 unspecified atom stereocenters. The summed E-state index contributed by atoms with van der Waals surface area (Å²) in [4.78, 5) is 14.4. The first-order chi connectivity index (χ1) is 5.79. The Morgan fingerprint density at radius 2 is 2.31 bits per heavy atom. The number of fused-ring (bicyclic) bond motifs is 1. The molecule has 5 heteroatoms. The number of rotatable bonds is 1. The van der Waals surface area contributed by atoms with E-state index in [1.165, 1.54) is 12.5 Å². The normalized spacial score (nSPS) is 9.54. The van der Waals surface area contributed by atoms with Crippen molar-refractivity contribution in [3.8, 4) is 0 Å². The van der Waals surface area contributed by atoms with Gasteiger partial charge in [-0.15, -0.1) is 0 Å². The summed E-state index contributed by atoms with van der Waals surface area (Å²) in [5.41, 5.74) is 1.06. The molecule has 0 saturated carbocycles. The van der Waals surface area contributed by atoms with Crippen LogP contribution in [0.2, 0.25) is 0 Å². The molecule has 0 aliphatic rings. The summed E-state index contributed by atoms with van der Waals surface area (Å²) in [5.74, 6) is -0.991. The molecule has 0 radical (unpaired) electrons. The smallest absolute Gasteiger partial charge is 1.00 e. The molecule has 1 N–H and O–H groups in total. The molecule has 0 bridgehead atoms. The number of oxazole rings is 1. The van der Waals surface area contributed by atoms with Crippen molar-refractivity contribution in [3.05, 3.63) is 30.2 Å².